The second kappa shape index (κ2) is 10.4. The molecule has 0 saturated carbocycles. The van der Waals surface area contributed by atoms with E-state index in [0.29, 0.717) is 54.1 Å². The molecule has 0 radical (unpaired) electrons. The van der Waals surface area contributed by atoms with E-state index in [-0.39, 0.29) is 17.7 Å². The second-order valence-electron chi connectivity index (χ2n) is 8.38. The summed E-state index contributed by atoms with van der Waals surface area (Å²) in [5.41, 5.74) is 3.24. The maximum atomic E-state index is 13.5. The SMILES string of the molecule is COc1ccc(C(=O)N(CCCCN2C(=O)c3ccccc3C2=O)c2ccc(C)cc2)cc1OC. The number of aryl methyl sites for hydroxylation is 1. The summed E-state index contributed by atoms with van der Waals surface area (Å²) in [6, 6.07) is 19.7. The van der Waals surface area contributed by atoms with Crippen LogP contribution in [-0.4, -0.2) is 49.9 Å². The summed E-state index contributed by atoms with van der Waals surface area (Å²) >= 11 is 0. The summed E-state index contributed by atoms with van der Waals surface area (Å²) in [5, 5.41) is 0. The number of unbranched alkanes of at least 4 members (excludes halogenated alkanes) is 1. The summed E-state index contributed by atoms with van der Waals surface area (Å²) in [6.45, 7) is 2.73. The number of carbonyl (C=O) groups excluding carboxylic acids is 3. The van der Waals surface area contributed by atoms with Gasteiger partial charge in [-0.15, -0.1) is 0 Å². The Hall–Kier alpha value is -4.13. The van der Waals surface area contributed by atoms with Crippen LogP contribution in [0.5, 0.6) is 11.5 Å². The van der Waals surface area contributed by atoms with Gasteiger partial charge < -0.3 is 14.4 Å². The van der Waals surface area contributed by atoms with Gasteiger partial charge in [-0.3, -0.25) is 19.3 Å². The van der Waals surface area contributed by atoms with Crippen LogP contribution in [-0.2, 0) is 0 Å². The Balaban J connectivity index is 1.47. The van der Waals surface area contributed by atoms with Gasteiger partial charge in [-0.1, -0.05) is 29.8 Å². The minimum Gasteiger partial charge on any atom is -0.493 e. The first kappa shape index (κ1) is 24.0. The van der Waals surface area contributed by atoms with Gasteiger partial charge in [0.1, 0.15) is 0 Å². The quantitative estimate of drug-likeness (QED) is 0.332. The molecule has 0 atom stereocenters. The van der Waals surface area contributed by atoms with E-state index in [1.165, 1.54) is 12.0 Å². The molecule has 0 aromatic heterocycles. The van der Waals surface area contributed by atoms with Crippen LogP contribution in [0.4, 0.5) is 5.69 Å². The number of hydrogen-bond donors (Lipinski definition) is 0. The van der Waals surface area contributed by atoms with Crippen molar-refractivity contribution >= 4 is 23.4 Å². The lowest BCUT2D eigenvalue weighted by atomic mass is 10.1. The first-order chi connectivity index (χ1) is 16.9. The molecule has 0 spiro atoms. The largest absolute Gasteiger partial charge is 0.493 e. The van der Waals surface area contributed by atoms with E-state index in [0.717, 1.165) is 11.3 Å². The molecule has 0 saturated heterocycles. The zero-order valence-electron chi connectivity index (χ0n) is 20.1. The average Bonchev–Trinajstić information content (AvgIpc) is 3.13. The number of benzene rings is 3. The van der Waals surface area contributed by atoms with E-state index < -0.39 is 0 Å². The highest BCUT2D eigenvalue weighted by atomic mass is 16.5. The zero-order chi connectivity index (χ0) is 24.9. The molecule has 3 aromatic carbocycles. The number of ether oxygens (including phenoxy) is 2. The molecule has 1 aliphatic heterocycles. The molecule has 3 amide bonds. The van der Waals surface area contributed by atoms with Crippen molar-refractivity contribution in [3.8, 4) is 11.5 Å². The predicted molar refractivity (Wildman–Crippen MR) is 133 cm³/mol. The highest BCUT2D eigenvalue weighted by molar-refractivity contribution is 6.21. The van der Waals surface area contributed by atoms with Gasteiger partial charge in [0.15, 0.2) is 11.5 Å². The van der Waals surface area contributed by atoms with E-state index in [9.17, 15) is 14.4 Å². The van der Waals surface area contributed by atoms with Gasteiger partial charge >= 0.3 is 0 Å². The topological polar surface area (TPSA) is 76.2 Å². The first-order valence-corrected chi connectivity index (χ1v) is 11.5. The first-order valence-electron chi connectivity index (χ1n) is 11.5. The van der Waals surface area contributed by atoms with E-state index in [2.05, 4.69) is 0 Å². The molecule has 4 rings (SSSR count). The van der Waals surface area contributed by atoms with Crippen molar-refractivity contribution in [3.05, 3.63) is 89.0 Å². The van der Waals surface area contributed by atoms with Gasteiger partial charge in [0.2, 0.25) is 0 Å². The van der Waals surface area contributed by atoms with Gasteiger partial charge in [-0.25, -0.2) is 0 Å². The molecule has 0 unspecified atom stereocenters. The fourth-order valence-corrected chi connectivity index (χ4v) is 4.18. The number of carbonyl (C=O) groups is 3. The Bertz CT molecular complexity index is 1220. The Morgan fingerprint density at radius 1 is 0.829 bits per heavy atom. The fourth-order valence-electron chi connectivity index (χ4n) is 4.18. The van der Waals surface area contributed by atoms with Crippen LogP contribution in [0.15, 0.2) is 66.7 Å². The molecular weight excluding hydrogens is 444 g/mol. The number of anilines is 1. The maximum Gasteiger partial charge on any atom is 0.261 e. The number of rotatable bonds is 9. The minimum absolute atomic E-state index is 0.171. The number of imide groups is 1. The Labute approximate surface area is 204 Å². The minimum atomic E-state index is -0.262. The van der Waals surface area contributed by atoms with Crippen LogP contribution in [0, 0.1) is 6.92 Å². The lowest BCUT2D eigenvalue weighted by Crippen LogP contribution is -2.34. The van der Waals surface area contributed by atoms with Crippen LogP contribution in [0.3, 0.4) is 0 Å². The van der Waals surface area contributed by atoms with Crippen LogP contribution in [0.25, 0.3) is 0 Å². The molecule has 7 heteroatoms. The van der Waals surface area contributed by atoms with Crippen molar-refractivity contribution in [2.24, 2.45) is 0 Å². The van der Waals surface area contributed by atoms with Crippen molar-refractivity contribution in [2.75, 3.05) is 32.2 Å². The van der Waals surface area contributed by atoms with Crippen LogP contribution < -0.4 is 14.4 Å². The Morgan fingerprint density at radius 2 is 1.46 bits per heavy atom. The van der Waals surface area contributed by atoms with Crippen molar-refractivity contribution in [3.63, 3.8) is 0 Å². The Kier molecular flexibility index (Phi) is 7.15. The van der Waals surface area contributed by atoms with E-state index in [1.54, 1.807) is 54.5 Å². The third kappa shape index (κ3) is 4.89. The molecular formula is C28H28N2O5. The third-order valence-corrected chi connectivity index (χ3v) is 6.11. The molecule has 180 valence electrons. The van der Waals surface area contributed by atoms with E-state index in [1.807, 2.05) is 31.2 Å². The summed E-state index contributed by atoms with van der Waals surface area (Å²) in [5.74, 6) is 0.333. The van der Waals surface area contributed by atoms with Crippen LogP contribution >= 0.6 is 0 Å². The van der Waals surface area contributed by atoms with Crippen molar-refractivity contribution in [2.45, 2.75) is 19.8 Å². The third-order valence-electron chi connectivity index (χ3n) is 6.11. The average molecular weight is 473 g/mol. The lowest BCUT2D eigenvalue weighted by Gasteiger charge is -2.24. The summed E-state index contributed by atoms with van der Waals surface area (Å²) in [4.78, 5) is 41.7. The summed E-state index contributed by atoms with van der Waals surface area (Å²) in [6.07, 6.45) is 1.19. The molecule has 0 fully saturated rings. The smallest absolute Gasteiger partial charge is 0.261 e. The predicted octanol–water partition coefficient (Wildman–Crippen LogP) is 4.74. The van der Waals surface area contributed by atoms with Gasteiger partial charge in [0.25, 0.3) is 17.7 Å². The van der Waals surface area contributed by atoms with Gasteiger partial charge in [0, 0.05) is 24.3 Å². The highest BCUT2D eigenvalue weighted by Crippen LogP contribution is 2.29. The monoisotopic (exact) mass is 472 g/mol. The van der Waals surface area contributed by atoms with Crippen LogP contribution in [0.1, 0.15) is 49.5 Å². The van der Waals surface area contributed by atoms with Gasteiger partial charge in [-0.05, 0) is 62.2 Å². The van der Waals surface area contributed by atoms with E-state index >= 15 is 0 Å². The number of amides is 3. The summed E-state index contributed by atoms with van der Waals surface area (Å²) < 4.78 is 10.7. The molecule has 1 aliphatic rings. The normalized spacial score (nSPS) is 12.5. The number of methoxy groups -OCH3 is 2. The Morgan fingerprint density at radius 3 is 2.06 bits per heavy atom. The molecule has 7 nitrogen and oxygen atoms in total. The summed E-state index contributed by atoms with van der Waals surface area (Å²) in [7, 11) is 3.08. The van der Waals surface area contributed by atoms with Crippen molar-refractivity contribution < 1.29 is 23.9 Å². The molecule has 0 N–H and O–H groups in total. The standard InChI is InChI=1S/C28H28N2O5/c1-19-10-13-21(14-11-19)29(26(31)20-12-15-24(34-2)25(18-20)35-3)16-6-7-17-30-27(32)22-8-4-5-9-23(22)28(30)33/h4-5,8-15,18H,6-7,16-17H2,1-3H3. The molecule has 35 heavy (non-hydrogen) atoms. The van der Waals surface area contributed by atoms with Crippen LogP contribution in [0.2, 0.25) is 0 Å². The second-order valence-corrected chi connectivity index (χ2v) is 8.38. The number of nitrogens with zero attached hydrogens (tertiary/aromatic N) is 2. The lowest BCUT2D eigenvalue weighted by molar-refractivity contribution is 0.0651. The number of hydrogen-bond acceptors (Lipinski definition) is 5. The molecule has 0 bridgehead atoms. The van der Waals surface area contributed by atoms with E-state index in [4.69, 9.17) is 9.47 Å². The maximum absolute atomic E-state index is 13.5. The highest BCUT2D eigenvalue weighted by Gasteiger charge is 2.34. The van der Waals surface area contributed by atoms with Gasteiger partial charge in [0.05, 0.1) is 25.3 Å². The van der Waals surface area contributed by atoms with Crippen molar-refractivity contribution in [1.82, 2.24) is 4.90 Å². The molecule has 0 aliphatic carbocycles. The molecule has 1 heterocycles. The number of fused-ring (bicyclic) bond motifs is 1. The van der Waals surface area contributed by atoms with Crippen molar-refractivity contribution in [1.29, 1.82) is 0 Å². The zero-order valence-corrected chi connectivity index (χ0v) is 20.1. The molecule has 3 aromatic rings. The van der Waals surface area contributed by atoms with Gasteiger partial charge in [-0.2, -0.15) is 0 Å². The fraction of sp³-hybridized carbons (Fsp3) is 0.250.